The van der Waals surface area contributed by atoms with Crippen molar-refractivity contribution in [1.29, 1.82) is 0 Å². The molecule has 0 radical (unpaired) electrons. The smallest absolute Gasteiger partial charge is 0.174 e. The molecule has 25 heavy (non-hydrogen) atoms. The molecule has 136 valence electrons. The van der Waals surface area contributed by atoms with Gasteiger partial charge in [-0.1, -0.05) is 38.5 Å². The van der Waals surface area contributed by atoms with Gasteiger partial charge in [0, 0.05) is 23.2 Å². The summed E-state index contributed by atoms with van der Waals surface area (Å²) in [6.07, 6.45) is 12.1. The van der Waals surface area contributed by atoms with E-state index in [1.807, 2.05) is 6.08 Å². The van der Waals surface area contributed by atoms with Crippen molar-refractivity contribution in [3.63, 3.8) is 0 Å². The van der Waals surface area contributed by atoms with E-state index in [0.717, 1.165) is 32.1 Å². The minimum absolute atomic E-state index is 0.0201. The fourth-order valence-corrected chi connectivity index (χ4v) is 7.05. The predicted octanol–water partition coefficient (Wildman–Crippen LogP) is 4.28. The van der Waals surface area contributed by atoms with E-state index in [1.54, 1.807) is 0 Å². The number of ketones is 1. The average Bonchev–Trinajstić information content (AvgIpc) is 3.17. The first kappa shape index (κ1) is 16.3. The normalized spacial score (nSPS) is 50.4. The van der Waals surface area contributed by atoms with Crippen LogP contribution in [0.4, 0.5) is 0 Å². The second-order valence-corrected chi connectivity index (χ2v) is 9.58. The van der Waals surface area contributed by atoms with Gasteiger partial charge in [0.1, 0.15) is 0 Å². The van der Waals surface area contributed by atoms with Crippen LogP contribution in [0, 0.1) is 34.5 Å². The van der Waals surface area contributed by atoms with Crippen LogP contribution in [0.2, 0.25) is 0 Å². The zero-order valence-electron chi connectivity index (χ0n) is 15.7. The summed E-state index contributed by atoms with van der Waals surface area (Å²) in [6.45, 7) is 8.36. The Bertz CT molecular complexity index is 671. The minimum Gasteiger partial charge on any atom is -0.347 e. The maximum Gasteiger partial charge on any atom is 0.174 e. The molecule has 0 aromatic heterocycles. The Labute approximate surface area is 150 Å². The summed E-state index contributed by atoms with van der Waals surface area (Å²) in [4.78, 5) is 13.2. The Kier molecular flexibility index (Phi) is 3.30. The van der Waals surface area contributed by atoms with Gasteiger partial charge < -0.3 is 9.47 Å². The van der Waals surface area contributed by atoms with Gasteiger partial charge in [-0.05, 0) is 49.5 Å². The van der Waals surface area contributed by atoms with Gasteiger partial charge in [0.15, 0.2) is 11.6 Å². The number of hydrogen-bond acceptors (Lipinski definition) is 3. The van der Waals surface area contributed by atoms with Crippen LogP contribution in [0.1, 0.15) is 52.9 Å². The Hall–Kier alpha value is -0.930. The summed E-state index contributed by atoms with van der Waals surface area (Å²) < 4.78 is 12.3. The van der Waals surface area contributed by atoms with Gasteiger partial charge in [-0.25, -0.2) is 0 Å². The summed E-state index contributed by atoms with van der Waals surface area (Å²) in [5, 5.41) is 0. The highest BCUT2D eigenvalue weighted by molar-refractivity contribution is 5.94. The lowest BCUT2D eigenvalue weighted by Gasteiger charge is -2.56. The first-order valence-corrected chi connectivity index (χ1v) is 10.1. The van der Waals surface area contributed by atoms with Crippen molar-refractivity contribution in [2.24, 2.45) is 34.5 Å². The Morgan fingerprint density at radius 2 is 1.80 bits per heavy atom. The van der Waals surface area contributed by atoms with E-state index in [4.69, 9.17) is 9.47 Å². The SMILES string of the molecule is CC1C=C[C@@]2(C)C(=CC(=O)C3C2CC[C@@]2(C)C3CCC23OCCO3)C1. The fraction of sp³-hybridized carbons (Fsp3) is 0.773. The maximum atomic E-state index is 13.2. The Morgan fingerprint density at radius 3 is 2.56 bits per heavy atom. The third-order valence-corrected chi connectivity index (χ3v) is 8.49. The molecule has 1 saturated heterocycles. The molecule has 1 heterocycles. The second-order valence-electron chi connectivity index (χ2n) is 9.58. The van der Waals surface area contributed by atoms with Gasteiger partial charge in [0.2, 0.25) is 0 Å². The van der Waals surface area contributed by atoms with Crippen molar-refractivity contribution in [1.82, 2.24) is 0 Å². The first-order valence-electron chi connectivity index (χ1n) is 10.1. The summed E-state index contributed by atoms with van der Waals surface area (Å²) in [6, 6.07) is 0. The number of fused-ring (bicyclic) bond motifs is 6. The fourth-order valence-electron chi connectivity index (χ4n) is 7.05. The second kappa shape index (κ2) is 5.07. The quantitative estimate of drug-likeness (QED) is 0.616. The molecule has 4 aliphatic carbocycles. The molecule has 0 amide bonds. The molecule has 6 atom stereocenters. The molecule has 0 bridgehead atoms. The molecule has 1 spiro atoms. The lowest BCUT2D eigenvalue weighted by molar-refractivity contribution is -0.239. The summed E-state index contributed by atoms with van der Waals surface area (Å²) in [5.74, 6) is 1.47. The molecule has 3 nitrogen and oxygen atoms in total. The number of allylic oxidation sites excluding steroid dienone is 4. The van der Waals surface area contributed by atoms with Crippen molar-refractivity contribution >= 4 is 5.78 Å². The molecular weight excluding hydrogens is 312 g/mol. The van der Waals surface area contributed by atoms with Gasteiger partial charge >= 0.3 is 0 Å². The number of carbonyl (C=O) groups excluding carboxylic acids is 1. The number of rotatable bonds is 0. The van der Waals surface area contributed by atoms with E-state index < -0.39 is 5.79 Å². The third kappa shape index (κ3) is 1.92. The third-order valence-electron chi connectivity index (χ3n) is 8.49. The monoisotopic (exact) mass is 342 g/mol. The van der Waals surface area contributed by atoms with E-state index in [2.05, 4.69) is 32.9 Å². The highest BCUT2D eigenvalue weighted by atomic mass is 16.7. The van der Waals surface area contributed by atoms with Gasteiger partial charge in [-0.2, -0.15) is 0 Å². The van der Waals surface area contributed by atoms with Gasteiger partial charge in [-0.3, -0.25) is 4.79 Å². The van der Waals surface area contributed by atoms with Crippen molar-refractivity contribution in [3.8, 4) is 0 Å². The predicted molar refractivity (Wildman–Crippen MR) is 95.8 cm³/mol. The van der Waals surface area contributed by atoms with Crippen LogP contribution in [0.25, 0.3) is 0 Å². The van der Waals surface area contributed by atoms with E-state index in [0.29, 0.717) is 36.8 Å². The molecule has 3 fully saturated rings. The standard InChI is InChI=1S/C22H30O3/c1-14-4-7-20(2)15(12-14)13-18(23)19-16(20)5-8-21(3)17(19)6-9-22(21)24-10-11-25-22/h4,7,13-14,16-17,19H,5-6,8-12H2,1-3H3/t14?,16?,17?,19?,20-,21-/m0/s1. The molecule has 5 rings (SSSR count). The van der Waals surface area contributed by atoms with Crippen LogP contribution >= 0.6 is 0 Å². The van der Waals surface area contributed by atoms with E-state index in [1.165, 1.54) is 5.57 Å². The summed E-state index contributed by atoms with van der Waals surface area (Å²) in [5.41, 5.74) is 1.42. The molecule has 3 heteroatoms. The molecule has 4 unspecified atom stereocenters. The lowest BCUT2D eigenvalue weighted by atomic mass is 9.48. The van der Waals surface area contributed by atoms with Crippen molar-refractivity contribution in [3.05, 3.63) is 23.8 Å². The lowest BCUT2D eigenvalue weighted by Crippen LogP contribution is -2.56. The average molecular weight is 342 g/mol. The zero-order valence-corrected chi connectivity index (χ0v) is 15.7. The zero-order chi connectivity index (χ0) is 17.4. The topological polar surface area (TPSA) is 35.5 Å². The van der Waals surface area contributed by atoms with Crippen molar-refractivity contribution in [2.75, 3.05) is 13.2 Å². The minimum atomic E-state index is -0.426. The number of hydrogen-bond donors (Lipinski definition) is 0. The first-order chi connectivity index (χ1) is 11.9. The molecule has 5 aliphatic rings. The Morgan fingerprint density at radius 1 is 1.08 bits per heavy atom. The van der Waals surface area contributed by atoms with Crippen LogP contribution in [-0.4, -0.2) is 24.8 Å². The number of carbonyl (C=O) groups is 1. The molecular formula is C22H30O3. The van der Waals surface area contributed by atoms with Gasteiger partial charge in [0.25, 0.3) is 0 Å². The molecule has 0 aromatic carbocycles. The van der Waals surface area contributed by atoms with E-state index >= 15 is 0 Å². The van der Waals surface area contributed by atoms with Crippen LogP contribution in [-0.2, 0) is 14.3 Å². The van der Waals surface area contributed by atoms with Crippen LogP contribution in [0.15, 0.2) is 23.8 Å². The summed E-state index contributed by atoms with van der Waals surface area (Å²) >= 11 is 0. The molecule has 0 N–H and O–H groups in total. The highest BCUT2D eigenvalue weighted by Gasteiger charge is 2.67. The molecule has 1 aliphatic heterocycles. The largest absolute Gasteiger partial charge is 0.347 e. The Balaban J connectivity index is 1.56. The van der Waals surface area contributed by atoms with E-state index in [9.17, 15) is 4.79 Å². The van der Waals surface area contributed by atoms with Crippen LogP contribution < -0.4 is 0 Å². The van der Waals surface area contributed by atoms with Crippen molar-refractivity contribution < 1.29 is 14.3 Å². The van der Waals surface area contributed by atoms with Crippen LogP contribution in [0.5, 0.6) is 0 Å². The van der Waals surface area contributed by atoms with E-state index in [-0.39, 0.29) is 16.7 Å². The molecule has 2 saturated carbocycles. The van der Waals surface area contributed by atoms with Crippen LogP contribution in [0.3, 0.4) is 0 Å². The van der Waals surface area contributed by atoms with Gasteiger partial charge in [-0.15, -0.1) is 0 Å². The summed E-state index contributed by atoms with van der Waals surface area (Å²) in [7, 11) is 0. The molecule has 0 aromatic rings. The van der Waals surface area contributed by atoms with Crippen molar-refractivity contribution in [2.45, 2.75) is 58.7 Å². The maximum absolute atomic E-state index is 13.2. The highest BCUT2D eigenvalue weighted by Crippen LogP contribution is 2.67. The van der Waals surface area contributed by atoms with Gasteiger partial charge in [0.05, 0.1) is 13.2 Å². The number of ether oxygens (including phenoxy) is 2.